The van der Waals surface area contributed by atoms with Crippen LogP contribution in [0.25, 0.3) is 10.2 Å². The third-order valence-corrected chi connectivity index (χ3v) is 7.37. The van der Waals surface area contributed by atoms with Crippen LogP contribution in [0, 0.1) is 18.7 Å². The zero-order valence-corrected chi connectivity index (χ0v) is 18.1. The lowest BCUT2D eigenvalue weighted by Crippen LogP contribution is -2.49. The van der Waals surface area contributed by atoms with Crippen molar-refractivity contribution in [1.82, 2.24) is 14.9 Å². The quantitative estimate of drug-likeness (QED) is 0.618. The minimum Gasteiger partial charge on any atom is -0.352 e. The SMILES string of the molecule is Cc1nc(N2CCN(C(=O)c3ccccc3F)CC2)c2c3c(sc2n1)C[C@@H](C)CC3. The lowest BCUT2D eigenvalue weighted by atomic mass is 9.89. The van der Waals surface area contributed by atoms with Gasteiger partial charge in [0, 0.05) is 31.1 Å². The van der Waals surface area contributed by atoms with E-state index in [-0.39, 0.29) is 11.5 Å². The summed E-state index contributed by atoms with van der Waals surface area (Å²) in [6.45, 7) is 6.75. The molecule has 1 amide bonds. The van der Waals surface area contributed by atoms with E-state index in [0.717, 1.165) is 35.2 Å². The van der Waals surface area contributed by atoms with Gasteiger partial charge in [-0.15, -0.1) is 11.3 Å². The second-order valence-electron chi connectivity index (χ2n) is 8.39. The highest BCUT2D eigenvalue weighted by Gasteiger charge is 2.29. The first-order valence-corrected chi connectivity index (χ1v) is 11.4. The number of amides is 1. The van der Waals surface area contributed by atoms with Crippen molar-refractivity contribution >= 4 is 33.3 Å². The molecule has 0 bridgehead atoms. The average Bonchev–Trinajstić information content (AvgIpc) is 3.10. The van der Waals surface area contributed by atoms with E-state index in [0.29, 0.717) is 26.2 Å². The Bertz CT molecular complexity index is 1120. The second kappa shape index (κ2) is 7.61. The number of hydrogen-bond donors (Lipinski definition) is 0. The molecule has 3 heterocycles. The number of rotatable bonds is 2. The highest BCUT2D eigenvalue weighted by molar-refractivity contribution is 7.19. The van der Waals surface area contributed by atoms with E-state index in [9.17, 15) is 9.18 Å². The number of carbonyl (C=O) groups excluding carboxylic acids is 1. The zero-order valence-electron chi connectivity index (χ0n) is 17.3. The maximum absolute atomic E-state index is 14.0. The molecule has 1 aliphatic carbocycles. The number of carbonyl (C=O) groups is 1. The number of thiophene rings is 1. The Morgan fingerprint density at radius 2 is 1.93 bits per heavy atom. The van der Waals surface area contributed by atoms with Crippen LogP contribution in [0.2, 0.25) is 0 Å². The van der Waals surface area contributed by atoms with Gasteiger partial charge in [-0.25, -0.2) is 14.4 Å². The molecule has 1 fully saturated rings. The summed E-state index contributed by atoms with van der Waals surface area (Å²) >= 11 is 1.82. The number of halogens is 1. The van der Waals surface area contributed by atoms with E-state index in [1.165, 1.54) is 28.3 Å². The number of nitrogens with zero attached hydrogens (tertiary/aromatic N) is 4. The molecule has 2 aliphatic rings. The molecule has 1 aliphatic heterocycles. The van der Waals surface area contributed by atoms with Gasteiger partial charge >= 0.3 is 0 Å². The standard InChI is InChI=1S/C23H25FN4OS/c1-14-7-8-17-19(13-14)30-22-20(17)21(25-15(2)26-22)27-9-11-28(12-10-27)23(29)16-5-3-4-6-18(16)24/h3-6,14H,7-13H2,1-2H3/t14-/m0/s1. The van der Waals surface area contributed by atoms with Crippen LogP contribution in [-0.4, -0.2) is 47.0 Å². The van der Waals surface area contributed by atoms with Crippen LogP contribution in [0.4, 0.5) is 10.2 Å². The Hall–Kier alpha value is -2.54. The summed E-state index contributed by atoms with van der Waals surface area (Å²) in [6, 6.07) is 6.20. The Kier molecular flexibility index (Phi) is 4.93. The van der Waals surface area contributed by atoms with Crippen molar-refractivity contribution in [3.05, 3.63) is 51.9 Å². The third kappa shape index (κ3) is 3.35. The van der Waals surface area contributed by atoms with Gasteiger partial charge in [0.15, 0.2) is 0 Å². The van der Waals surface area contributed by atoms with Crippen LogP contribution in [0.15, 0.2) is 24.3 Å². The lowest BCUT2D eigenvalue weighted by molar-refractivity contribution is 0.0742. The minimum atomic E-state index is -0.461. The highest BCUT2D eigenvalue weighted by atomic mass is 32.1. The van der Waals surface area contributed by atoms with Gasteiger partial charge in [0.25, 0.3) is 5.91 Å². The molecule has 0 unspecified atom stereocenters. The molecular weight excluding hydrogens is 399 g/mol. The molecule has 3 aromatic rings. The monoisotopic (exact) mass is 424 g/mol. The van der Waals surface area contributed by atoms with Crippen LogP contribution in [0.3, 0.4) is 0 Å². The van der Waals surface area contributed by atoms with Crippen molar-refractivity contribution in [3.8, 4) is 0 Å². The van der Waals surface area contributed by atoms with Crippen LogP contribution < -0.4 is 4.90 Å². The number of piperazine rings is 1. The molecule has 1 aromatic carbocycles. The molecule has 7 heteroatoms. The Morgan fingerprint density at radius 1 is 1.17 bits per heavy atom. The fourth-order valence-electron chi connectivity index (χ4n) is 4.58. The van der Waals surface area contributed by atoms with Crippen LogP contribution >= 0.6 is 11.3 Å². The molecule has 1 atom stereocenters. The van der Waals surface area contributed by atoms with Gasteiger partial charge in [-0.05, 0) is 49.8 Å². The van der Waals surface area contributed by atoms with Crippen molar-refractivity contribution in [1.29, 1.82) is 0 Å². The first kappa shape index (κ1) is 19.4. The summed E-state index contributed by atoms with van der Waals surface area (Å²) in [5.74, 6) is 1.81. The molecule has 0 saturated carbocycles. The minimum absolute atomic E-state index is 0.146. The second-order valence-corrected chi connectivity index (χ2v) is 9.47. The maximum atomic E-state index is 14.0. The molecule has 2 aromatic heterocycles. The van der Waals surface area contributed by atoms with Gasteiger partial charge in [0.1, 0.15) is 22.3 Å². The summed E-state index contributed by atoms with van der Waals surface area (Å²) in [7, 11) is 0. The third-order valence-electron chi connectivity index (χ3n) is 6.22. The van der Waals surface area contributed by atoms with Gasteiger partial charge in [-0.2, -0.15) is 0 Å². The number of benzene rings is 1. The van der Waals surface area contributed by atoms with E-state index in [2.05, 4.69) is 11.8 Å². The number of hydrogen-bond acceptors (Lipinski definition) is 5. The summed E-state index contributed by atoms with van der Waals surface area (Å²) in [4.78, 5) is 28.9. The largest absolute Gasteiger partial charge is 0.352 e. The molecule has 5 rings (SSSR count). The summed E-state index contributed by atoms with van der Waals surface area (Å²) < 4.78 is 14.0. The molecule has 5 nitrogen and oxygen atoms in total. The van der Waals surface area contributed by atoms with E-state index in [1.807, 2.05) is 18.3 Å². The van der Waals surface area contributed by atoms with Crippen molar-refractivity contribution < 1.29 is 9.18 Å². The summed E-state index contributed by atoms with van der Waals surface area (Å²) in [5.41, 5.74) is 1.57. The number of aryl methyl sites for hydroxylation is 2. The molecule has 0 radical (unpaired) electrons. The normalized spacial score (nSPS) is 19.2. The van der Waals surface area contributed by atoms with Crippen LogP contribution in [0.1, 0.15) is 40.0 Å². The zero-order chi connectivity index (χ0) is 20.8. The van der Waals surface area contributed by atoms with Gasteiger partial charge in [0.05, 0.1) is 10.9 Å². The predicted octanol–water partition coefficient (Wildman–Crippen LogP) is 4.23. The van der Waals surface area contributed by atoms with E-state index in [4.69, 9.17) is 9.97 Å². The van der Waals surface area contributed by atoms with Gasteiger partial charge in [-0.1, -0.05) is 19.1 Å². The molecule has 1 saturated heterocycles. The van der Waals surface area contributed by atoms with Crippen LogP contribution in [0.5, 0.6) is 0 Å². The van der Waals surface area contributed by atoms with Crippen LogP contribution in [-0.2, 0) is 12.8 Å². The van der Waals surface area contributed by atoms with E-state index < -0.39 is 5.82 Å². The first-order valence-electron chi connectivity index (χ1n) is 10.6. The Balaban J connectivity index is 1.41. The van der Waals surface area contributed by atoms with Crippen molar-refractivity contribution in [2.75, 3.05) is 31.1 Å². The summed E-state index contributed by atoms with van der Waals surface area (Å²) in [6.07, 6.45) is 3.42. The van der Waals surface area contributed by atoms with Gasteiger partial charge in [-0.3, -0.25) is 4.79 Å². The average molecular weight is 425 g/mol. The Morgan fingerprint density at radius 3 is 2.70 bits per heavy atom. The fraction of sp³-hybridized carbons (Fsp3) is 0.435. The molecule has 30 heavy (non-hydrogen) atoms. The molecular formula is C23H25FN4OS. The smallest absolute Gasteiger partial charge is 0.256 e. The number of aromatic nitrogens is 2. The molecule has 0 spiro atoms. The van der Waals surface area contributed by atoms with E-state index in [1.54, 1.807) is 23.1 Å². The lowest BCUT2D eigenvalue weighted by Gasteiger charge is -2.36. The molecule has 156 valence electrons. The van der Waals surface area contributed by atoms with Crippen molar-refractivity contribution in [3.63, 3.8) is 0 Å². The topological polar surface area (TPSA) is 49.3 Å². The first-order chi connectivity index (χ1) is 14.5. The number of fused-ring (bicyclic) bond motifs is 3. The predicted molar refractivity (Wildman–Crippen MR) is 118 cm³/mol. The Labute approximate surface area is 179 Å². The van der Waals surface area contributed by atoms with Crippen molar-refractivity contribution in [2.45, 2.75) is 33.1 Å². The fourth-order valence-corrected chi connectivity index (χ4v) is 6.00. The maximum Gasteiger partial charge on any atom is 0.256 e. The molecule has 0 N–H and O–H groups in total. The van der Waals surface area contributed by atoms with E-state index >= 15 is 0 Å². The van der Waals surface area contributed by atoms with Gasteiger partial charge in [0.2, 0.25) is 0 Å². The summed E-state index contributed by atoms with van der Waals surface area (Å²) in [5, 5.41) is 1.21. The van der Waals surface area contributed by atoms with Gasteiger partial charge < -0.3 is 9.80 Å². The van der Waals surface area contributed by atoms with Crippen molar-refractivity contribution in [2.24, 2.45) is 5.92 Å². The highest BCUT2D eigenvalue weighted by Crippen LogP contribution is 2.41. The number of anilines is 1.